The lowest BCUT2D eigenvalue weighted by molar-refractivity contribution is -0.897. The molecule has 3 N–H and O–H groups in total. The fourth-order valence-electron chi connectivity index (χ4n) is 3.38. The van der Waals surface area contributed by atoms with Gasteiger partial charge in [0.25, 0.3) is 5.91 Å². The van der Waals surface area contributed by atoms with Crippen molar-refractivity contribution >= 4 is 40.7 Å². The molecular weight excluding hydrogens is 397 g/mol. The van der Waals surface area contributed by atoms with E-state index in [9.17, 15) is 9.59 Å². The number of anilines is 1. The molecule has 1 saturated heterocycles. The monoisotopic (exact) mass is 420 g/mol. The van der Waals surface area contributed by atoms with Gasteiger partial charge < -0.3 is 15.5 Å². The molecule has 0 spiro atoms. The fourth-order valence-corrected chi connectivity index (χ4v) is 3.85. The summed E-state index contributed by atoms with van der Waals surface area (Å²) >= 11 is 12.0. The zero-order chi connectivity index (χ0) is 19.9. The van der Waals surface area contributed by atoms with Crippen LogP contribution in [0.3, 0.4) is 0 Å². The fraction of sp³-hybridized carbons (Fsp3) is 0.333. The highest BCUT2D eigenvalue weighted by atomic mass is 35.5. The van der Waals surface area contributed by atoms with Gasteiger partial charge in [0.15, 0.2) is 6.54 Å². The van der Waals surface area contributed by atoms with E-state index < -0.39 is 0 Å². The van der Waals surface area contributed by atoms with E-state index >= 15 is 0 Å². The molecule has 0 bridgehead atoms. The van der Waals surface area contributed by atoms with Crippen LogP contribution < -0.4 is 15.5 Å². The first-order chi connectivity index (χ1) is 13.5. The molecule has 1 aliphatic rings. The number of carbonyl (C=O) groups is 2. The SMILES string of the molecule is O=C(C[NH+]1CCC(C(=O)Nc2ccccc2)CC1)NCc1ccc(Cl)cc1Cl. The van der Waals surface area contributed by atoms with Gasteiger partial charge in [0.05, 0.1) is 13.1 Å². The Kier molecular flexibility index (Phi) is 7.31. The molecule has 0 unspecified atom stereocenters. The molecule has 1 aliphatic heterocycles. The quantitative estimate of drug-likeness (QED) is 0.672. The molecule has 0 atom stereocenters. The second-order valence-corrected chi connectivity index (χ2v) is 7.91. The van der Waals surface area contributed by atoms with Crippen molar-refractivity contribution in [2.75, 3.05) is 25.0 Å². The average Bonchev–Trinajstić information content (AvgIpc) is 2.68. The number of hydrogen-bond acceptors (Lipinski definition) is 2. The lowest BCUT2D eigenvalue weighted by Gasteiger charge is -2.28. The number of amides is 2. The summed E-state index contributed by atoms with van der Waals surface area (Å²) in [4.78, 5) is 25.8. The number of hydrogen-bond donors (Lipinski definition) is 3. The molecule has 2 amide bonds. The van der Waals surface area contributed by atoms with Crippen molar-refractivity contribution in [3.63, 3.8) is 0 Å². The van der Waals surface area contributed by atoms with Gasteiger partial charge in [-0.25, -0.2) is 0 Å². The first-order valence-corrected chi connectivity index (χ1v) is 10.2. The lowest BCUT2D eigenvalue weighted by Crippen LogP contribution is -3.14. The van der Waals surface area contributed by atoms with Gasteiger partial charge in [-0.3, -0.25) is 9.59 Å². The van der Waals surface area contributed by atoms with E-state index in [0.717, 1.165) is 37.2 Å². The normalized spacial score (nSPS) is 19.1. The van der Waals surface area contributed by atoms with Gasteiger partial charge in [-0.1, -0.05) is 47.5 Å². The number of likely N-dealkylation sites (tertiary alicyclic amines) is 1. The topological polar surface area (TPSA) is 62.6 Å². The minimum absolute atomic E-state index is 0.000101. The first kappa shape index (κ1) is 20.6. The maximum absolute atomic E-state index is 12.4. The van der Waals surface area contributed by atoms with E-state index in [1.807, 2.05) is 36.4 Å². The molecule has 28 heavy (non-hydrogen) atoms. The van der Waals surface area contributed by atoms with Crippen LogP contribution in [0.2, 0.25) is 10.0 Å². The Hall–Kier alpha value is -2.08. The van der Waals surface area contributed by atoms with Crippen molar-refractivity contribution in [3.05, 3.63) is 64.1 Å². The molecule has 3 rings (SSSR count). The van der Waals surface area contributed by atoms with Crippen LogP contribution in [-0.2, 0) is 16.1 Å². The predicted octanol–water partition coefficient (Wildman–Crippen LogP) is 2.54. The van der Waals surface area contributed by atoms with Crippen LogP contribution >= 0.6 is 23.2 Å². The third kappa shape index (κ3) is 5.96. The van der Waals surface area contributed by atoms with Gasteiger partial charge >= 0.3 is 0 Å². The van der Waals surface area contributed by atoms with Gasteiger partial charge in [-0.15, -0.1) is 0 Å². The zero-order valence-corrected chi connectivity index (χ0v) is 17.0. The Morgan fingerprint density at radius 2 is 1.75 bits per heavy atom. The predicted molar refractivity (Wildman–Crippen MR) is 112 cm³/mol. The number of nitrogens with one attached hydrogen (secondary N) is 3. The van der Waals surface area contributed by atoms with Crippen molar-refractivity contribution in [3.8, 4) is 0 Å². The largest absolute Gasteiger partial charge is 0.347 e. The number of piperidine rings is 1. The minimum Gasteiger partial charge on any atom is -0.347 e. The summed E-state index contributed by atoms with van der Waals surface area (Å²) in [6.07, 6.45) is 1.56. The third-order valence-electron chi connectivity index (χ3n) is 5.01. The van der Waals surface area contributed by atoms with Crippen LogP contribution in [0, 0.1) is 5.92 Å². The summed E-state index contributed by atoms with van der Waals surface area (Å²) in [7, 11) is 0. The summed E-state index contributed by atoms with van der Waals surface area (Å²) in [5.41, 5.74) is 1.66. The van der Waals surface area contributed by atoms with E-state index in [0.29, 0.717) is 23.1 Å². The molecule has 1 heterocycles. The van der Waals surface area contributed by atoms with Gasteiger partial charge in [-0.05, 0) is 29.8 Å². The zero-order valence-electron chi connectivity index (χ0n) is 15.5. The van der Waals surface area contributed by atoms with E-state index in [1.54, 1.807) is 12.1 Å². The lowest BCUT2D eigenvalue weighted by atomic mass is 9.96. The highest BCUT2D eigenvalue weighted by molar-refractivity contribution is 6.35. The summed E-state index contributed by atoms with van der Waals surface area (Å²) in [6, 6.07) is 14.7. The second-order valence-electron chi connectivity index (χ2n) is 7.07. The molecule has 0 aliphatic carbocycles. The Labute approximate surface area is 175 Å². The molecular formula is C21H24Cl2N3O2+. The Balaban J connectivity index is 1.40. The maximum atomic E-state index is 12.4. The van der Waals surface area contributed by atoms with Crippen molar-refractivity contribution in [2.45, 2.75) is 19.4 Å². The van der Waals surface area contributed by atoms with E-state index in [1.165, 1.54) is 4.90 Å². The van der Waals surface area contributed by atoms with Crippen molar-refractivity contribution in [2.24, 2.45) is 5.92 Å². The van der Waals surface area contributed by atoms with Crippen LogP contribution in [0.5, 0.6) is 0 Å². The molecule has 0 aromatic heterocycles. The molecule has 5 nitrogen and oxygen atoms in total. The highest BCUT2D eigenvalue weighted by Gasteiger charge is 2.28. The van der Waals surface area contributed by atoms with E-state index in [-0.39, 0.29) is 17.7 Å². The molecule has 7 heteroatoms. The van der Waals surface area contributed by atoms with Crippen LogP contribution in [0.4, 0.5) is 5.69 Å². The summed E-state index contributed by atoms with van der Waals surface area (Å²) in [6.45, 7) is 2.40. The highest BCUT2D eigenvalue weighted by Crippen LogP contribution is 2.20. The number of halogens is 2. The average molecular weight is 421 g/mol. The van der Waals surface area contributed by atoms with Crippen LogP contribution in [0.15, 0.2) is 48.5 Å². The Bertz CT molecular complexity index is 822. The Morgan fingerprint density at radius 3 is 2.43 bits per heavy atom. The first-order valence-electron chi connectivity index (χ1n) is 9.41. The van der Waals surface area contributed by atoms with E-state index in [4.69, 9.17) is 23.2 Å². The van der Waals surface area contributed by atoms with Crippen LogP contribution in [0.25, 0.3) is 0 Å². The second kappa shape index (κ2) is 9.92. The van der Waals surface area contributed by atoms with Gasteiger partial charge in [0.2, 0.25) is 5.91 Å². The molecule has 1 fully saturated rings. The number of carbonyl (C=O) groups excluding carboxylic acids is 2. The molecule has 0 radical (unpaired) electrons. The van der Waals surface area contributed by atoms with Gasteiger partial charge in [0.1, 0.15) is 0 Å². The Morgan fingerprint density at radius 1 is 1.04 bits per heavy atom. The van der Waals surface area contributed by atoms with Crippen molar-refractivity contribution < 1.29 is 14.5 Å². The van der Waals surface area contributed by atoms with Crippen molar-refractivity contribution in [1.82, 2.24) is 5.32 Å². The minimum atomic E-state index is -0.0202. The number of benzene rings is 2. The smallest absolute Gasteiger partial charge is 0.275 e. The third-order valence-corrected chi connectivity index (χ3v) is 5.59. The summed E-state index contributed by atoms with van der Waals surface area (Å²) in [5.74, 6) is 0.0418. The van der Waals surface area contributed by atoms with Gasteiger partial charge in [-0.2, -0.15) is 0 Å². The van der Waals surface area contributed by atoms with Gasteiger partial charge in [0, 0.05) is 41.0 Å². The summed E-state index contributed by atoms with van der Waals surface area (Å²) < 4.78 is 0. The molecule has 2 aromatic rings. The van der Waals surface area contributed by atoms with Crippen molar-refractivity contribution in [1.29, 1.82) is 0 Å². The molecule has 2 aromatic carbocycles. The maximum Gasteiger partial charge on any atom is 0.275 e. The number of para-hydroxylation sites is 1. The summed E-state index contributed by atoms with van der Waals surface area (Å²) in [5, 5.41) is 6.99. The number of quaternary nitrogens is 1. The number of rotatable bonds is 6. The van der Waals surface area contributed by atoms with Crippen LogP contribution in [-0.4, -0.2) is 31.4 Å². The molecule has 148 valence electrons. The van der Waals surface area contributed by atoms with E-state index in [2.05, 4.69) is 10.6 Å². The standard InChI is InChI=1S/C21H23Cl2N3O2/c22-17-7-6-16(19(23)12-17)13-24-20(27)14-26-10-8-15(9-11-26)21(28)25-18-4-2-1-3-5-18/h1-7,12,15H,8-11,13-14H2,(H,24,27)(H,25,28)/p+1. The molecule has 0 saturated carbocycles. The van der Waals surface area contributed by atoms with Crippen LogP contribution in [0.1, 0.15) is 18.4 Å².